The van der Waals surface area contributed by atoms with Crippen LogP contribution in [0.3, 0.4) is 0 Å². The van der Waals surface area contributed by atoms with E-state index in [-0.39, 0.29) is 10.9 Å². The molecule has 1 atom stereocenters. The molecule has 2 rings (SSSR count). The fraction of sp³-hybridized carbons (Fsp3) is 0.357. The highest BCUT2D eigenvalue weighted by Gasteiger charge is 2.27. The summed E-state index contributed by atoms with van der Waals surface area (Å²) in [6.45, 7) is 7.24. The van der Waals surface area contributed by atoms with Gasteiger partial charge in [-0.25, -0.2) is 9.07 Å². The van der Waals surface area contributed by atoms with E-state index in [0.717, 1.165) is 21.4 Å². The third-order valence-electron chi connectivity index (χ3n) is 3.17. The third kappa shape index (κ3) is 2.87. The van der Waals surface area contributed by atoms with Crippen molar-refractivity contribution in [2.24, 2.45) is 7.05 Å². The van der Waals surface area contributed by atoms with Gasteiger partial charge in [0.15, 0.2) is 0 Å². The minimum Gasteiger partial charge on any atom is -0.442 e. The summed E-state index contributed by atoms with van der Waals surface area (Å²) in [6.07, 6.45) is 0.481. The van der Waals surface area contributed by atoms with Crippen LogP contribution in [0.25, 0.3) is 5.70 Å². The van der Waals surface area contributed by atoms with Crippen molar-refractivity contribution in [3.63, 3.8) is 0 Å². The second-order valence-electron chi connectivity index (χ2n) is 4.78. The van der Waals surface area contributed by atoms with Gasteiger partial charge in [0.25, 0.3) is 0 Å². The van der Waals surface area contributed by atoms with Crippen molar-refractivity contribution in [2.75, 3.05) is 7.05 Å². The van der Waals surface area contributed by atoms with E-state index in [4.69, 9.17) is 16.3 Å². The van der Waals surface area contributed by atoms with Crippen LogP contribution < -0.4 is 4.74 Å². The Morgan fingerprint density at radius 2 is 2.10 bits per heavy atom. The van der Waals surface area contributed by atoms with Crippen LogP contribution in [0.2, 0.25) is 5.02 Å². The van der Waals surface area contributed by atoms with Gasteiger partial charge in [0.2, 0.25) is 12.2 Å². The van der Waals surface area contributed by atoms with E-state index in [2.05, 4.69) is 27.6 Å². The summed E-state index contributed by atoms with van der Waals surface area (Å²) in [5.41, 5.74) is 3.10. The second kappa shape index (κ2) is 5.85. The fourth-order valence-corrected chi connectivity index (χ4v) is 3.07. The lowest BCUT2D eigenvalue weighted by Gasteiger charge is -2.29. The molecule has 1 unspecified atom stereocenters. The normalized spacial score (nSPS) is 17.2. The van der Waals surface area contributed by atoms with Crippen LogP contribution >= 0.6 is 27.5 Å². The zero-order valence-electron chi connectivity index (χ0n) is 12.2. The molecular weight excluding hydrogens is 361 g/mol. The fourth-order valence-electron chi connectivity index (χ4n) is 2.16. The molecule has 0 saturated carbocycles. The Morgan fingerprint density at radius 3 is 2.67 bits per heavy atom. The maximum Gasteiger partial charge on any atom is 0.237 e. The second-order valence-corrected chi connectivity index (χ2v) is 6.01. The number of aryl methyl sites for hydroxylation is 1. The number of allylic oxidation sites excluding steroid dienone is 3. The highest BCUT2D eigenvalue weighted by atomic mass is 79.9. The number of ether oxygens (including phenoxy) is 1. The number of likely N-dealkylation sites (N-methyl/N-ethyl adjacent to an activating group) is 1. The maximum atomic E-state index is 13.1. The van der Waals surface area contributed by atoms with Gasteiger partial charge in [-0.15, -0.1) is 0 Å². The maximum absolute atomic E-state index is 13.1. The number of hydrogen-bond acceptors (Lipinski definition) is 3. The Morgan fingerprint density at radius 1 is 1.48 bits per heavy atom. The summed E-state index contributed by atoms with van der Waals surface area (Å²) in [7, 11) is 3.53. The Balaban J connectivity index is 2.57. The SMILES string of the molecule is C=C1C(Br)=CC(C)=C(c2nn(C)c(OC(C)F)c2Cl)N1C. The molecule has 1 aliphatic rings. The van der Waals surface area contributed by atoms with Crippen molar-refractivity contribution < 1.29 is 9.13 Å². The van der Waals surface area contributed by atoms with Crippen molar-refractivity contribution in [1.82, 2.24) is 14.7 Å². The molecule has 0 amide bonds. The predicted molar refractivity (Wildman–Crippen MR) is 85.9 cm³/mol. The molecule has 0 aliphatic carbocycles. The van der Waals surface area contributed by atoms with Crippen LogP contribution in [-0.4, -0.2) is 28.1 Å². The Labute approximate surface area is 136 Å². The van der Waals surface area contributed by atoms with Crippen molar-refractivity contribution >= 4 is 33.2 Å². The molecule has 0 radical (unpaired) electrons. The molecule has 0 bridgehead atoms. The first-order valence-corrected chi connectivity index (χ1v) is 7.45. The van der Waals surface area contributed by atoms with Gasteiger partial charge in [-0.2, -0.15) is 5.10 Å². The van der Waals surface area contributed by atoms with Crippen LogP contribution in [0.5, 0.6) is 5.88 Å². The largest absolute Gasteiger partial charge is 0.442 e. The number of aromatic nitrogens is 2. The van der Waals surface area contributed by atoms with E-state index in [9.17, 15) is 4.39 Å². The summed E-state index contributed by atoms with van der Waals surface area (Å²) in [5, 5.41) is 4.64. The first-order valence-electron chi connectivity index (χ1n) is 6.28. The number of rotatable bonds is 3. The Hall–Kier alpha value is -1.27. The zero-order chi connectivity index (χ0) is 15.9. The van der Waals surface area contributed by atoms with Gasteiger partial charge in [0, 0.05) is 31.2 Å². The minimum atomic E-state index is -1.46. The molecule has 0 fully saturated rings. The van der Waals surface area contributed by atoms with Gasteiger partial charge in [-0.3, -0.25) is 0 Å². The van der Waals surface area contributed by atoms with Gasteiger partial charge in [0.05, 0.1) is 5.70 Å². The molecule has 0 saturated heterocycles. The van der Waals surface area contributed by atoms with Gasteiger partial charge >= 0.3 is 0 Å². The van der Waals surface area contributed by atoms with Crippen LogP contribution in [0.1, 0.15) is 19.5 Å². The quantitative estimate of drug-likeness (QED) is 0.790. The number of halogens is 3. The smallest absolute Gasteiger partial charge is 0.237 e. The molecule has 0 spiro atoms. The van der Waals surface area contributed by atoms with Crippen molar-refractivity contribution in [3.05, 3.63) is 39.1 Å². The van der Waals surface area contributed by atoms with Gasteiger partial charge in [-0.1, -0.05) is 18.2 Å². The Kier molecular flexibility index (Phi) is 4.49. The van der Waals surface area contributed by atoms with E-state index < -0.39 is 6.36 Å². The molecule has 1 aliphatic heterocycles. The van der Waals surface area contributed by atoms with Gasteiger partial charge in [-0.05, 0) is 34.5 Å². The van der Waals surface area contributed by atoms with Crippen molar-refractivity contribution in [1.29, 1.82) is 0 Å². The average molecular weight is 377 g/mol. The van der Waals surface area contributed by atoms with Crippen LogP contribution in [0.15, 0.2) is 28.4 Å². The van der Waals surface area contributed by atoms with Gasteiger partial charge < -0.3 is 9.64 Å². The van der Waals surface area contributed by atoms with E-state index in [1.54, 1.807) is 7.05 Å². The zero-order valence-corrected chi connectivity index (χ0v) is 14.6. The molecule has 1 aromatic rings. The van der Waals surface area contributed by atoms with Crippen LogP contribution in [0.4, 0.5) is 4.39 Å². The summed E-state index contributed by atoms with van der Waals surface area (Å²) < 4.78 is 20.5. The predicted octanol–water partition coefficient (Wildman–Crippen LogP) is 4.24. The first kappa shape index (κ1) is 16.1. The molecule has 4 nitrogen and oxygen atoms in total. The number of nitrogens with zero attached hydrogens (tertiary/aromatic N) is 3. The number of hydrogen-bond donors (Lipinski definition) is 0. The lowest BCUT2D eigenvalue weighted by Crippen LogP contribution is -2.20. The van der Waals surface area contributed by atoms with E-state index >= 15 is 0 Å². The van der Waals surface area contributed by atoms with E-state index in [1.165, 1.54) is 11.6 Å². The number of alkyl halides is 1. The summed E-state index contributed by atoms with van der Waals surface area (Å²) >= 11 is 9.78. The molecule has 7 heteroatoms. The van der Waals surface area contributed by atoms with Gasteiger partial charge in [0.1, 0.15) is 10.7 Å². The van der Waals surface area contributed by atoms with Crippen molar-refractivity contribution in [2.45, 2.75) is 20.2 Å². The molecule has 21 heavy (non-hydrogen) atoms. The van der Waals surface area contributed by atoms with Crippen LogP contribution in [-0.2, 0) is 7.05 Å². The average Bonchev–Trinajstić information content (AvgIpc) is 2.64. The molecule has 0 aromatic carbocycles. The molecule has 2 heterocycles. The monoisotopic (exact) mass is 375 g/mol. The molecular formula is C14H16BrClFN3O. The van der Waals surface area contributed by atoms with E-state index in [1.807, 2.05) is 24.9 Å². The molecule has 1 aromatic heterocycles. The van der Waals surface area contributed by atoms with E-state index in [0.29, 0.717) is 5.69 Å². The highest BCUT2D eigenvalue weighted by Crippen LogP contribution is 2.40. The topological polar surface area (TPSA) is 30.3 Å². The summed E-state index contributed by atoms with van der Waals surface area (Å²) in [4.78, 5) is 1.89. The minimum absolute atomic E-state index is 0.203. The lowest BCUT2D eigenvalue weighted by atomic mass is 10.1. The van der Waals surface area contributed by atoms with Crippen molar-refractivity contribution in [3.8, 4) is 5.88 Å². The lowest BCUT2D eigenvalue weighted by molar-refractivity contribution is 0.0763. The summed E-state index contributed by atoms with van der Waals surface area (Å²) in [5.74, 6) is 0.203. The third-order valence-corrected chi connectivity index (χ3v) is 4.20. The highest BCUT2D eigenvalue weighted by molar-refractivity contribution is 9.12. The summed E-state index contributed by atoms with van der Waals surface area (Å²) in [6, 6.07) is 0. The Bertz CT molecular complexity index is 663. The molecule has 0 N–H and O–H groups in total. The first-order chi connectivity index (χ1) is 9.73. The standard InChI is InChI=1S/C14H16BrClFN3O/c1-7-6-10(15)8(2)19(4)13(7)12-11(16)14(20(5)18-12)21-9(3)17/h6,9H,2H2,1,3-5H3. The molecule has 114 valence electrons. The van der Waals surface area contributed by atoms with Crippen LogP contribution in [0, 0.1) is 0 Å².